The van der Waals surface area contributed by atoms with Crippen LogP contribution in [0.15, 0.2) is 41.3 Å². The number of benzene rings is 2. The predicted octanol–water partition coefficient (Wildman–Crippen LogP) is 2.12. The van der Waals surface area contributed by atoms with Crippen LogP contribution in [-0.2, 0) is 32.5 Å². The number of carbonyl (C=O) groups is 2. The number of aryl methyl sites for hydroxylation is 1. The minimum absolute atomic E-state index is 0.157. The van der Waals surface area contributed by atoms with Crippen molar-refractivity contribution in [2.45, 2.75) is 37.0 Å². The number of imidazole rings is 1. The Morgan fingerprint density at radius 3 is 2.71 bits per heavy atom. The van der Waals surface area contributed by atoms with Crippen molar-refractivity contribution in [1.82, 2.24) is 19.6 Å². The fraction of sp³-hybridized carbons (Fsp3) is 0.375. The first-order valence-corrected chi connectivity index (χ1v) is 13.1. The number of nitrogens with zero attached hydrogens (tertiary/aromatic N) is 3. The molecule has 9 nitrogen and oxygen atoms in total. The van der Waals surface area contributed by atoms with Gasteiger partial charge in [0, 0.05) is 38.2 Å². The molecule has 2 N–H and O–H groups in total. The van der Waals surface area contributed by atoms with Crippen LogP contribution in [0, 0.1) is 5.82 Å². The molecule has 1 saturated heterocycles. The van der Waals surface area contributed by atoms with Gasteiger partial charge in [0.25, 0.3) is 0 Å². The molecule has 184 valence electrons. The molecule has 1 fully saturated rings. The molecule has 35 heavy (non-hydrogen) atoms. The number of nitrogens with one attached hydrogen (secondary N) is 2. The number of sulfonamides is 1. The number of H-pyrrole nitrogens is 1. The summed E-state index contributed by atoms with van der Waals surface area (Å²) in [4.78, 5) is 34.2. The van der Waals surface area contributed by atoms with Crippen LogP contribution in [0.1, 0.15) is 30.7 Å². The van der Waals surface area contributed by atoms with Crippen LogP contribution in [0.5, 0.6) is 0 Å². The Bertz CT molecular complexity index is 1400. The van der Waals surface area contributed by atoms with Crippen molar-refractivity contribution in [2.24, 2.45) is 0 Å². The zero-order valence-electron chi connectivity index (χ0n) is 19.1. The maximum absolute atomic E-state index is 13.3. The predicted molar refractivity (Wildman–Crippen MR) is 128 cm³/mol. The van der Waals surface area contributed by atoms with E-state index < -0.39 is 10.0 Å². The van der Waals surface area contributed by atoms with Crippen LogP contribution in [-0.4, -0.2) is 60.7 Å². The Morgan fingerprint density at radius 1 is 1.11 bits per heavy atom. The highest BCUT2D eigenvalue weighted by molar-refractivity contribution is 7.89. The number of fused-ring (bicyclic) bond motifs is 2. The van der Waals surface area contributed by atoms with Gasteiger partial charge in [-0.15, -0.1) is 0 Å². The van der Waals surface area contributed by atoms with Crippen molar-refractivity contribution < 1.29 is 22.4 Å². The van der Waals surface area contributed by atoms with Crippen molar-refractivity contribution in [3.63, 3.8) is 0 Å². The highest BCUT2D eigenvalue weighted by Gasteiger charge is 2.31. The van der Waals surface area contributed by atoms with E-state index in [9.17, 15) is 22.4 Å². The average Bonchev–Trinajstić information content (AvgIpc) is 3.51. The molecule has 11 heteroatoms. The van der Waals surface area contributed by atoms with Gasteiger partial charge in [0.15, 0.2) is 0 Å². The second kappa shape index (κ2) is 9.38. The molecule has 3 aromatic rings. The molecule has 2 amide bonds. The Hall–Kier alpha value is -3.31. The lowest BCUT2D eigenvalue weighted by Crippen LogP contribution is -2.43. The maximum atomic E-state index is 13.3. The maximum Gasteiger partial charge on any atom is 0.243 e. The largest absolute Gasteiger partial charge is 0.354 e. The van der Waals surface area contributed by atoms with Crippen LogP contribution < -0.4 is 10.2 Å². The molecule has 0 saturated carbocycles. The lowest BCUT2D eigenvalue weighted by Gasteiger charge is -2.29. The summed E-state index contributed by atoms with van der Waals surface area (Å²) in [6.45, 7) is 1.18. The van der Waals surface area contributed by atoms with Gasteiger partial charge in [-0.3, -0.25) is 9.59 Å². The minimum atomic E-state index is -3.56. The number of aromatic amines is 1. The minimum Gasteiger partial charge on any atom is -0.354 e. The molecule has 2 aliphatic rings. The van der Waals surface area contributed by atoms with E-state index in [0.717, 1.165) is 18.4 Å². The van der Waals surface area contributed by atoms with E-state index in [1.165, 1.54) is 27.4 Å². The van der Waals surface area contributed by atoms with Crippen molar-refractivity contribution >= 4 is 38.6 Å². The highest BCUT2D eigenvalue weighted by atomic mass is 32.2. The number of amides is 2. The van der Waals surface area contributed by atoms with Gasteiger partial charge in [0.05, 0.1) is 15.9 Å². The molecule has 2 aromatic carbocycles. The van der Waals surface area contributed by atoms with Gasteiger partial charge >= 0.3 is 0 Å². The number of rotatable bonds is 7. The fourth-order valence-corrected chi connectivity index (χ4v) is 6.19. The van der Waals surface area contributed by atoms with E-state index in [1.807, 2.05) is 0 Å². The van der Waals surface area contributed by atoms with E-state index in [2.05, 4.69) is 15.3 Å². The molecular weight excluding hydrogens is 473 g/mol. The first kappa shape index (κ1) is 23.4. The standard InChI is InChI=1S/C24H26FN5O4S/c25-17-4-6-19-20(14-17)28-22(27-19)9-10-26-23(31)15-30-21-7-5-18(13-16(21)3-8-24(30)32)35(33,34)29-11-1-2-12-29/h4-7,13-14H,1-3,8-12,15H2,(H,26,31)(H,27,28). The van der Waals surface area contributed by atoms with E-state index in [0.29, 0.717) is 55.0 Å². The van der Waals surface area contributed by atoms with Gasteiger partial charge < -0.3 is 15.2 Å². The number of hydrogen-bond acceptors (Lipinski definition) is 5. The molecule has 2 aliphatic heterocycles. The third-order valence-electron chi connectivity index (χ3n) is 6.43. The summed E-state index contributed by atoms with van der Waals surface area (Å²) in [6, 6.07) is 9.06. The molecule has 0 radical (unpaired) electrons. The molecule has 3 heterocycles. The number of hydrogen-bond donors (Lipinski definition) is 2. The van der Waals surface area contributed by atoms with Crippen LogP contribution in [0.2, 0.25) is 0 Å². The number of anilines is 1. The van der Waals surface area contributed by atoms with Crippen molar-refractivity contribution in [1.29, 1.82) is 0 Å². The zero-order chi connectivity index (χ0) is 24.6. The fourth-order valence-electron chi connectivity index (χ4n) is 4.62. The van der Waals surface area contributed by atoms with Crippen molar-refractivity contribution in [2.75, 3.05) is 31.1 Å². The molecule has 0 atom stereocenters. The van der Waals surface area contributed by atoms with Crippen molar-refractivity contribution in [3.05, 3.63) is 53.6 Å². The topological polar surface area (TPSA) is 115 Å². The summed E-state index contributed by atoms with van der Waals surface area (Å²) in [7, 11) is -3.56. The zero-order valence-corrected chi connectivity index (χ0v) is 19.9. The third-order valence-corrected chi connectivity index (χ3v) is 8.33. The van der Waals surface area contributed by atoms with Gasteiger partial charge in [0.1, 0.15) is 18.2 Å². The first-order valence-electron chi connectivity index (χ1n) is 11.7. The summed E-state index contributed by atoms with van der Waals surface area (Å²) >= 11 is 0. The molecular formula is C24H26FN5O4S. The van der Waals surface area contributed by atoms with Crippen LogP contribution in [0.4, 0.5) is 10.1 Å². The van der Waals surface area contributed by atoms with Gasteiger partial charge in [0.2, 0.25) is 21.8 Å². The Kier molecular flexibility index (Phi) is 6.28. The summed E-state index contributed by atoms with van der Waals surface area (Å²) in [5, 5.41) is 2.79. The lowest BCUT2D eigenvalue weighted by atomic mass is 10.0. The average molecular weight is 500 g/mol. The molecule has 0 unspecified atom stereocenters. The summed E-state index contributed by atoms with van der Waals surface area (Å²) in [6.07, 6.45) is 2.78. The summed E-state index contributed by atoms with van der Waals surface area (Å²) < 4.78 is 40.7. The Labute approximate surface area is 202 Å². The second-order valence-corrected chi connectivity index (χ2v) is 10.8. The Balaban J connectivity index is 1.23. The lowest BCUT2D eigenvalue weighted by molar-refractivity contribution is -0.124. The van der Waals surface area contributed by atoms with Gasteiger partial charge in [-0.1, -0.05) is 0 Å². The molecule has 0 bridgehead atoms. The van der Waals surface area contributed by atoms with E-state index in [4.69, 9.17) is 0 Å². The summed E-state index contributed by atoms with van der Waals surface area (Å²) in [5.41, 5.74) is 2.55. The quantitative estimate of drug-likeness (QED) is 0.517. The van der Waals surface area contributed by atoms with Crippen LogP contribution in [0.25, 0.3) is 11.0 Å². The molecule has 0 aliphatic carbocycles. The van der Waals surface area contributed by atoms with Gasteiger partial charge in [-0.25, -0.2) is 17.8 Å². The Morgan fingerprint density at radius 2 is 1.91 bits per heavy atom. The third kappa shape index (κ3) is 4.78. The molecule has 5 rings (SSSR count). The normalized spacial score (nSPS) is 16.6. The molecule has 0 spiro atoms. The number of carbonyl (C=O) groups excluding carboxylic acids is 2. The number of aromatic nitrogens is 2. The monoisotopic (exact) mass is 499 g/mol. The van der Waals surface area contributed by atoms with Crippen LogP contribution >= 0.6 is 0 Å². The second-order valence-electron chi connectivity index (χ2n) is 8.83. The molecule has 1 aromatic heterocycles. The van der Waals surface area contributed by atoms with E-state index >= 15 is 0 Å². The van der Waals surface area contributed by atoms with E-state index in [-0.39, 0.29) is 35.5 Å². The van der Waals surface area contributed by atoms with Gasteiger partial charge in [-0.05, 0) is 61.2 Å². The summed E-state index contributed by atoms with van der Waals surface area (Å²) in [5.74, 6) is -0.241. The first-order chi connectivity index (χ1) is 16.8. The van der Waals surface area contributed by atoms with Gasteiger partial charge in [-0.2, -0.15) is 4.31 Å². The van der Waals surface area contributed by atoms with E-state index in [1.54, 1.807) is 18.2 Å². The van der Waals surface area contributed by atoms with Crippen LogP contribution in [0.3, 0.4) is 0 Å². The smallest absolute Gasteiger partial charge is 0.243 e. The SMILES string of the molecule is O=C(CN1C(=O)CCc2cc(S(=O)(=O)N3CCCC3)ccc21)NCCc1nc2ccc(F)cc2[nH]1. The van der Waals surface area contributed by atoms with Crippen molar-refractivity contribution in [3.8, 4) is 0 Å². The highest BCUT2D eigenvalue weighted by Crippen LogP contribution is 2.31. The number of halogens is 1.